The largest absolute Gasteiger partial charge is 0.469 e. The minimum Gasteiger partial charge on any atom is -0.469 e. The molecule has 0 radical (unpaired) electrons. The van der Waals surface area contributed by atoms with E-state index in [1.165, 1.54) is 23.6 Å². The van der Waals surface area contributed by atoms with Crippen molar-refractivity contribution in [2.45, 2.75) is 50.1 Å². The van der Waals surface area contributed by atoms with E-state index in [4.69, 9.17) is 4.74 Å². The van der Waals surface area contributed by atoms with E-state index in [1.54, 1.807) is 0 Å². The minimum atomic E-state index is -0.174. The standard InChI is InChI=1S/C26H33N3O2/c1-29(2)26(19-9-5-4-6-10-19)17-15-20(16-18-26)27-25-22(13-14-24(30)31-3)21-11-7-8-12-23(21)28-25/h4-12,20,27-28H,13-18H2,1-3H3. The molecule has 3 aromatic rings. The topological polar surface area (TPSA) is 57.4 Å². The van der Waals surface area contributed by atoms with Gasteiger partial charge in [0.25, 0.3) is 0 Å². The molecule has 2 aromatic carbocycles. The highest BCUT2D eigenvalue weighted by Crippen LogP contribution is 2.42. The highest BCUT2D eigenvalue weighted by Gasteiger charge is 2.38. The van der Waals surface area contributed by atoms with Crippen LogP contribution in [0.15, 0.2) is 54.6 Å². The number of carbonyl (C=O) groups is 1. The summed E-state index contributed by atoms with van der Waals surface area (Å²) in [5.41, 5.74) is 3.78. The van der Waals surface area contributed by atoms with Gasteiger partial charge in [-0.3, -0.25) is 9.69 Å². The van der Waals surface area contributed by atoms with Crippen molar-refractivity contribution in [2.24, 2.45) is 0 Å². The van der Waals surface area contributed by atoms with Gasteiger partial charge in [-0.05, 0) is 57.8 Å². The van der Waals surface area contributed by atoms with Gasteiger partial charge >= 0.3 is 5.97 Å². The van der Waals surface area contributed by atoms with Crippen molar-refractivity contribution in [3.63, 3.8) is 0 Å². The number of esters is 1. The van der Waals surface area contributed by atoms with Crippen LogP contribution in [0.5, 0.6) is 0 Å². The predicted molar refractivity (Wildman–Crippen MR) is 126 cm³/mol. The molecule has 5 heteroatoms. The summed E-state index contributed by atoms with van der Waals surface area (Å²) in [6.45, 7) is 0. The van der Waals surface area contributed by atoms with E-state index < -0.39 is 0 Å². The monoisotopic (exact) mass is 419 g/mol. The van der Waals surface area contributed by atoms with Gasteiger partial charge < -0.3 is 15.0 Å². The van der Waals surface area contributed by atoms with Gasteiger partial charge in [-0.1, -0.05) is 48.5 Å². The van der Waals surface area contributed by atoms with Crippen molar-refractivity contribution in [3.05, 3.63) is 65.7 Å². The summed E-state index contributed by atoms with van der Waals surface area (Å²) < 4.78 is 4.86. The van der Waals surface area contributed by atoms with Crippen LogP contribution in [0.1, 0.15) is 43.2 Å². The van der Waals surface area contributed by atoms with Gasteiger partial charge in [-0.15, -0.1) is 0 Å². The molecule has 1 heterocycles. The van der Waals surface area contributed by atoms with Crippen LogP contribution in [0.25, 0.3) is 10.9 Å². The first-order valence-electron chi connectivity index (χ1n) is 11.2. The second-order valence-corrected chi connectivity index (χ2v) is 8.81. The number of benzene rings is 2. The normalized spacial score (nSPS) is 21.4. The molecule has 0 atom stereocenters. The molecule has 164 valence electrons. The minimum absolute atomic E-state index is 0.0909. The molecule has 0 amide bonds. The zero-order chi connectivity index (χ0) is 21.8. The summed E-state index contributed by atoms with van der Waals surface area (Å²) in [6, 6.07) is 19.6. The molecule has 1 aliphatic carbocycles. The fraction of sp³-hybridized carbons (Fsp3) is 0.423. The van der Waals surface area contributed by atoms with Crippen molar-refractivity contribution in [1.29, 1.82) is 0 Å². The molecule has 0 saturated heterocycles. The van der Waals surface area contributed by atoms with E-state index in [-0.39, 0.29) is 11.5 Å². The second kappa shape index (κ2) is 9.15. The molecule has 5 nitrogen and oxygen atoms in total. The zero-order valence-corrected chi connectivity index (χ0v) is 18.8. The van der Waals surface area contributed by atoms with Crippen molar-refractivity contribution in [2.75, 3.05) is 26.5 Å². The number of nitrogens with zero attached hydrogens (tertiary/aromatic N) is 1. The first-order valence-corrected chi connectivity index (χ1v) is 11.2. The maximum absolute atomic E-state index is 11.8. The van der Waals surface area contributed by atoms with Gasteiger partial charge in [0.2, 0.25) is 0 Å². The summed E-state index contributed by atoms with van der Waals surface area (Å²) in [6.07, 6.45) is 5.46. The SMILES string of the molecule is COC(=O)CCc1c(NC2CCC(c3ccccc3)(N(C)C)CC2)[nH]c2ccccc12. The molecule has 1 saturated carbocycles. The summed E-state index contributed by atoms with van der Waals surface area (Å²) in [4.78, 5) is 17.7. The predicted octanol–water partition coefficient (Wildman–Crippen LogP) is 5.09. The molecule has 1 aromatic heterocycles. The molecular weight excluding hydrogens is 386 g/mol. The molecule has 0 unspecified atom stereocenters. The van der Waals surface area contributed by atoms with Crippen molar-refractivity contribution < 1.29 is 9.53 Å². The van der Waals surface area contributed by atoms with Gasteiger partial charge in [-0.25, -0.2) is 0 Å². The number of fused-ring (bicyclic) bond motifs is 1. The molecule has 0 aliphatic heterocycles. The van der Waals surface area contributed by atoms with E-state index in [2.05, 4.69) is 71.8 Å². The van der Waals surface area contributed by atoms with Crippen LogP contribution in [0, 0.1) is 0 Å². The third kappa shape index (κ3) is 4.33. The van der Waals surface area contributed by atoms with Crippen LogP contribution in [0.3, 0.4) is 0 Å². The van der Waals surface area contributed by atoms with Crippen LogP contribution in [-0.2, 0) is 21.5 Å². The van der Waals surface area contributed by atoms with Crippen molar-refractivity contribution >= 4 is 22.7 Å². The number of H-pyrrole nitrogens is 1. The molecule has 1 aliphatic rings. The Bertz CT molecular complexity index is 1020. The smallest absolute Gasteiger partial charge is 0.305 e. The number of anilines is 1. The Hall–Kier alpha value is -2.79. The number of hydrogen-bond acceptors (Lipinski definition) is 4. The Morgan fingerprint density at radius 2 is 1.77 bits per heavy atom. The Kier molecular flexibility index (Phi) is 6.33. The lowest BCUT2D eigenvalue weighted by molar-refractivity contribution is -0.140. The maximum Gasteiger partial charge on any atom is 0.305 e. The van der Waals surface area contributed by atoms with Crippen molar-refractivity contribution in [3.8, 4) is 0 Å². The Balaban J connectivity index is 1.52. The van der Waals surface area contributed by atoms with Crippen LogP contribution < -0.4 is 5.32 Å². The number of carbonyl (C=O) groups excluding carboxylic acids is 1. The quantitative estimate of drug-likeness (QED) is 0.524. The van der Waals surface area contributed by atoms with Gasteiger partial charge in [0.15, 0.2) is 0 Å². The van der Waals surface area contributed by atoms with E-state index in [0.29, 0.717) is 18.9 Å². The fourth-order valence-corrected chi connectivity index (χ4v) is 5.10. The van der Waals surface area contributed by atoms with Crippen molar-refractivity contribution in [1.82, 2.24) is 9.88 Å². The summed E-state index contributed by atoms with van der Waals surface area (Å²) in [5, 5.41) is 4.96. The number of rotatable bonds is 7. The number of ether oxygens (including phenoxy) is 1. The lowest BCUT2D eigenvalue weighted by atomic mass is 9.74. The summed E-state index contributed by atoms with van der Waals surface area (Å²) in [5.74, 6) is 0.875. The summed E-state index contributed by atoms with van der Waals surface area (Å²) >= 11 is 0. The van der Waals surface area contributed by atoms with Gasteiger partial charge in [0.05, 0.1) is 7.11 Å². The molecule has 4 rings (SSSR count). The lowest BCUT2D eigenvalue weighted by Crippen LogP contribution is -2.46. The number of hydrogen-bond donors (Lipinski definition) is 2. The fourth-order valence-electron chi connectivity index (χ4n) is 5.10. The highest BCUT2D eigenvalue weighted by atomic mass is 16.5. The average molecular weight is 420 g/mol. The lowest BCUT2D eigenvalue weighted by Gasteiger charge is -2.45. The number of aromatic nitrogens is 1. The number of nitrogens with one attached hydrogen (secondary N) is 2. The third-order valence-corrected chi connectivity index (χ3v) is 6.95. The molecule has 0 bridgehead atoms. The van der Waals surface area contributed by atoms with Crippen LogP contribution in [0.4, 0.5) is 5.82 Å². The molecule has 0 spiro atoms. The molecule has 31 heavy (non-hydrogen) atoms. The Labute approximate surface area is 184 Å². The van der Waals surface area contributed by atoms with Crippen LogP contribution >= 0.6 is 0 Å². The highest BCUT2D eigenvalue weighted by molar-refractivity contribution is 5.89. The molecular formula is C26H33N3O2. The third-order valence-electron chi connectivity index (χ3n) is 6.95. The Morgan fingerprint density at radius 1 is 1.10 bits per heavy atom. The van der Waals surface area contributed by atoms with E-state index in [1.807, 2.05) is 12.1 Å². The van der Waals surface area contributed by atoms with E-state index in [9.17, 15) is 4.79 Å². The van der Waals surface area contributed by atoms with Crippen LogP contribution in [0.2, 0.25) is 0 Å². The average Bonchev–Trinajstić information content (AvgIpc) is 3.15. The number of aromatic amines is 1. The van der Waals surface area contributed by atoms with Gasteiger partial charge in [0.1, 0.15) is 5.82 Å². The number of aryl methyl sites for hydroxylation is 1. The Morgan fingerprint density at radius 3 is 2.45 bits per heavy atom. The molecule has 1 fully saturated rings. The zero-order valence-electron chi connectivity index (χ0n) is 18.8. The van der Waals surface area contributed by atoms with Gasteiger partial charge in [-0.2, -0.15) is 0 Å². The van der Waals surface area contributed by atoms with Gasteiger partial charge in [0, 0.05) is 34.5 Å². The summed E-state index contributed by atoms with van der Waals surface area (Å²) in [7, 11) is 5.84. The molecule has 2 N–H and O–H groups in total. The second-order valence-electron chi connectivity index (χ2n) is 8.81. The van der Waals surface area contributed by atoms with E-state index >= 15 is 0 Å². The maximum atomic E-state index is 11.8. The first-order chi connectivity index (χ1) is 15.0. The number of para-hydroxylation sites is 1. The first kappa shape index (κ1) is 21.4. The number of methoxy groups -OCH3 is 1. The van der Waals surface area contributed by atoms with Crippen LogP contribution in [-0.4, -0.2) is 43.1 Å². The van der Waals surface area contributed by atoms with E-state index in [0.717, 1.165) is 37.0 Å².